The number of methoxy groups -OCH3 is 1. The Bertz CT molecular complexity index is 575. The number of carbonyl (C=O) groups is 1. The molecule has 2 N–H and O–H groups in total. The van der Waals surface area contributed by atoms with E-state index in [1.165, 1.54) is 19.2 Å². The summed E-state index contributed by atoms with van der Waals surface area (Å²) in [7, 11) is 1.53. The first kappa shape index (κ1) is 16.4. The van der Waals surface area contributed by atoms with Gasteiger partial charge in [0.2, 0.25) is 5.91 Å². The van der Waals surface area contributed by atoms with Crippen LogP contribution in [0.4, 0.5) is 4.39 Å². The van der Waals surface area contributed by atoms with Crippen LogP contribution in [0.1, 0.15) is 18.4 Å². The van der Waals surface area contributed by atoms with E-state index < -0.39 is 11.5 Å². The molecule has 0 spiro atoms. The van der Waals surface area contributed by atoms with Gasteiger partial charge in [-0.2, -0.15) is 0 Å². The number of aliphatic hydroxyl groups is 1. The fraction of sp³-hybridized carbons (Fsp3) is 0.588. The lowest BCUT2D eigenvalue weighted by atomic mass is 9.93. The molecule has 6 heteroatoms. The van der Waals surface area contributed by atoms with Gasteiger partial charge in [-0.15, -0.1) is 0 Å². The molecule has 2 fully saturated rings. The number of ether oxygens (including phenoxy) is 2. The van der Waals surface area contributed by atoms with Crippen molar-refractivity contribution in [3.8, 4) is 0 Å². The molecule has 5 nitrogen and oxygen atoms in total. The van der Waals surface area contributed by atoms with Gasteiger partial charge in [-0.3, -0.25) is 4.79 Å². The minimum Gasteiger partial charge on any atom is -0.390 e. The van der Waals surface area contributed by atoms with Crippen LogP contribution in [0.2, 0.25) is 0 Å². The molecular weight excluding hydrogens is 301 g/mol. The third-order valence-corrected chi connectivity index (χ3v) is 4.87. The van der Waals surface area contributed by atoms with Crippen molar-refractivity contribution >= 4 is 5.91 Å². The molecule has 1 saturated carbocycles. The van der Waals surface area contributed by atoms with Crippen LogP contribution in [-0.2, 0) is 19.7 Å². The molecule has 2 aliphatic rings. The van der Waals surface area contributed by atoms with E-state index in [1.54, 1.807) is 12.1 Å². The highest BCUT2D eigenvalue weighted by molar-refractivity contribution is 5.91. The van der Waals surface area contributed by atoms with Crippen molar-refractivity contribution in [2.75, 3.05) is 26.9 Å². The van der Waals surface area contributed by atoms with Crippen molar-refractivity contribution in [2.24, 2.45) is 5.92 Å². The molecule has 3 rings (SSSR count). The van der Waals surface area contributed by atoms with E-state index in [0.717, 1.165) is 0 Å². The van der Waals surface area contributed by atoms with Crippen LogP contribution < -0.4 is 5.32 Å². The van der Waals surface area contributed by atoms with Gasteiger partial charge < -0.3 is 19.9 Å². The Balaban J connectivity index is 1.61. The minimum atomic E-state index is -0.668. The average Bonchev–Trinajstić information content (AvgIpc) is 3.35. The summed E-state index contributed by atoms with van der Waals surface area (Å²) in [6, 6.07) is 6.21. The molecule has 1 heterocycles. The molecule has 0 bridgehead atoms. The first-order chi connectivity index (χ1) is 11.1. The van der Waals surface area contributed by atoms with Crippen LogP contribution in [0.15, 0.2) is 24.3 Å². The van der Waals surface area contributed by atoms with E-state index in [9.17, 15) is 14.3 Å². The summed E-state index contributed by atoms with van der Waals surface area (Å²) in [6.45, 7) is 1.06. The second-order valence-corrected chi connectivity index (χ2v) is 6.36. The van der Waals surface area contributed by atoms with Crippen molar-refractivity contribution in [2.45, 2.75) is 30.5 Å². The van der Waals surface area contributed by atoms with E-state index in [-0.39, 0.29) is 23.7 Å². The summed E-state index contributed by atoms with van der Waals surface area (Å²) in [5.41, 5.74) is 0.0914. The number of amides is 1. The van der Waals surface area contributed by atoms with Gasteiger partial charge in [0.25, 0.3) is 0 Å². The van der Waals surface area contributed by atoms with Crippen molar-refractivity contribution in [3.05, 3.63) is 35.6 Å². The van der Waals surface area contributed by atoms with Gasteiger partial charge in [-0.25, -0.2) is 4.39 Å². The van der Waals surface area contributed by atoms with Gasteiger partial charge >= 0.3 is 0 Å². The van der Waals surface area contributed by atoms with Gasteiger partial charge in [0.15, 0.2) is 0 Å². The molecule has 1 aromatic rings. The lowest BCUT2D eigenvalue weighted by Gasteiger charge is -2.34. The van der Waals surface area contributed by atoms with E-state index in [2.05, 4.69) is 5.32 Å². The number of hydrogen-bond donors (Lipinski definition) is 2. The van der Waals surface area contributed by atoms with Crippen LogP contribution in [0.3, 0.4) is 0 Å². The number of aliphatic hydroxyl groups excluding tert-OH is 1. The highest BCUT2D eigenvalue weighted by Gasteiger charge is 2.51. The van der Waals surface area contributed by atoms with Crippen molar-refractivity contribution < 1.29 is 23.8 Å². The second kappa shape index (κ2) is 6.55. The van der Waals surface area contributed by atoms with Crippen molar-refractivity contribution in [1.29, 1.82) is 0 Å². The third kappa shape index (κ3) is 3.24. The molecule has 1 aliphatic heterocycles. The molecule has 1 saturated heterocycles. The molecule has 3 atom stereocenters. The first-order valence-corrected chi connectivity index (χ1v) is 7.90. The van der Waals surface area contributed by atoms with Crippen LogP contribution in [0, 0.1) is 11.7 Å². The summed E-state index contributed by atoms with van der Waals surface area (Å²) >= 11 is 0. The molecule has 1 aromatic carbocycles. The van der Waals surface area contributed by atoms with Crippen molar-refractivity contribution in [3.63, 3.8) is 0 Å². The van der Waals surface area contributed by atoms with Crippen LogP contribution >= 0.6 is 0 Å². The molecule has 126 valence electrons. The quantitative estimate of drug-likeness (QED) is 0.848. The molecular formula is C17H22FNO4. The van der Waals surface area contributed by atoms with E-state index in [0.29, 0.717) is 38.2 Å². The summed E-state index contributed by atoms with van der Waals surface area (Å²) in [5, 5.41) is 13.1. The zero-order valence-corrected chi connectivity index (χ0v) is 13.1. The lowest BCUT2D eigenvalue weighted by Crippen LogP contribution is -2.50. The standard InChI is InChI=1S/C17H22FNO4/c1-22-14-10-23-9-11(15(14)20)8-19-16(21)17(5-6-17)12-3-2-4-13(18)7-12/h2-4,7,11,14-15,20H,5-6,8-10H2,1H3,(H,19,21)/t11-,14-,15+/m1/s1. The predicted molar refractivity (Wildman–Crippen MR) is 81.4 cm³/mol. The van der Waals surface area contributed by atoms with E-state index in [4.69, 9.17) is 9.47 Å². The summed E-state index contributed by atoms with van der Waals surface area (Å²) in [4.78, 5) is 12.6. The summed E-state index contributed by atoms with van der Waals surface area (Å²) in [6.07, 6.45) is 0.390. The Kier molecular flexibility index (Phi) is 4.66. The van der Waals surface area contributed by atoms with Gasteiger partial charge in [-0.05, 0) is 30.5 Å². The molecule has 1 aliphatic carbocycles. The maximum atomic E-state index is 13.4. The predicted octanol–water partition coefficient (Wildman–Crippen LogP) is 0.996. The normalized spacial score (nSPS) is 29.1. The maximum absolute atomic E-state index is 13.4. The topological polar surface area (TPSA) is 67.8 Å². The average molecular weight is 323 g/mol. The number of rotatable bonds is 5. The molecule has 23 heavy (non-hydrogen) atoms. The van der Waals surface area contributed by atoms with Crippen LogP contribution in [-0.4, -0.2) is 50.1 Å². The monoisotopic (exact) mass is 323 g/mol. The number of benzene rings is 1. The Labute approximate surface area is 134 Å². The van der Waals surface area contributed by atoms with Gasteiger partial charge in [0.05, 0.1) is 24.7 Å². The fourth-order valence-corrected chi connectivity index (χ4v) is 3.17. The van der Waals surface area contributed by atoms with Crippen LogP contribution in [0.25, 0.3) is 0 Å². The smallest absolute Gasteiger partial charge is 0.230 e. The Morgan fingerprint density at radius 1 is 1.48 bits per heavy atom. The van der Waals surface area contributed by atoms with E-state index in [1.807, 2.05) is 0 Å². The highest BCUT2D eigenvalue weighted by atomic mass is 19.1. The Hall–Kier alpha value is -1.50. The van der Waals surface area contributed by atoms with Gasteiger partial charge in [-0.1, -0.05) is 12.1 Å². The molecule has 1 amide bonds. The number of carbonyl (C=O) groups excluding carboxylic acids is 1. The third-order valence-electron chi connectivity index (χ3n) is 4.87. The Morgan fingerprint density at radius 2 is 2.26 bits per heavy atom. The number of hydrogen-bond acceptors (Lipinski definition) is 4. The second-order valence-electron chi connectivity index (χ2n) is 6.36. The fourth-order valence-electron chi connectivity index (χ4n) is 3.17. The van der Waals surface area contributed by atoms with E-state index >= 15 is 0 Å². The van der Waals surface area contributed by atoms with Crippen LogP contribution in [0.5, 0.6) is 0 Å². The maximum Gasteiger partial charge on any atom is 0.230 e. The zero-order chi connectivity index (χ0) is 16.4. The number of halogens is 1. The summed E-state index contributed by atoms with van der Waals surface area (Å²) < 4.78 is 24.0. The molecule has 0 radical (unpaired) electrons. The van der Waals surface area contributed by atoms with Gasteiger partial charge in [0, 0.05) is 19.6 Å². The highest BCUT2D eigenvalue weighted by Crippen LogP contribution is 2.48. The summed E-state index contributed by atoms with van der Waals surface area (Å²) in [5.74, 6) is -0.656. The molecule has 0 unspecified atom stereocenters. The number of nitrogens with one attached hydrogen (secondary N) is 1. The zero-order valence-electron chi connectivity index (χ0n) is 13.1. The lowest BCUT2D eigenvalue weighted by molar-refractivity contribution is -0.137. The Morgan fingerprint density at radius 3 is 2.91 bits per heavy atom. The van der Waals surface area contributed by atoms with Crippen molar-refractivity contribution in [1.82, 2.24) is 5.32 Å². The first-order valence-electron chi connectivity index (χ1n) is 7.90. The SMILES string of the molecule is CO[C@@H]1COC[C@@H](CNC(=O)C2(c3cccc(F)c3)CC2)[C@@H]1O. The minimum absolute atomic E-state index is 0.116. The van der Waals surface area contributed by atoms with Gasteiger partial charge in [0.1, 0.15) is 11.9 Å². The molecule has 0 aromatic heterocycles. The largest absolute Gasteiger partial charge is 0.390 e.